The molecule has 0 radical (unpaired) electrons. The lowest BCUT2D eigenvalue weighted by Crippen LogP contribution is -2.49. The Morgan fingerprint density at radius 2 is 1.95 bits per heavy atom. The van der Waals surface area contributed by atoms with Crippen LogP contribution >= 0.6 is 0 Å². The van der Waals surface area contributed by atoms with E-state index in [-0.39, 0.29) is 42.3 Å². The van der Waals surface area contributed by atoms with Crippen LogP contribution in [0.25, 0.3) is 0 Å². The van der Waals surface area contributed by atoms with E-state index >= 15 is 0 Å². The quantitative estimate of drug-likeness (QED) is 0.479. The minimum absolute atomic E-state index is 0.0387. The number of fused-ring (bicyclic) bond motifs is 1. The summed E-state index contributed by atoms with van der Waals surface area (Å²) in [5, 5.41) is 9.88. The SMILES string of the molecule is C[C@@H]1CN([C@@H](C)CO)C(=O)c2cc(C#CCc3ccccc3)cnc2O[C@H]1CN(C)Cc1cccc(F)c1. The highest BCUT2D eigenvalue weighted by Gasteiger charge is 2.34. The van der Waals surface area contributed by atoms with E-state index in [2.05, 4.69) is 21.7 Å². The third-order valence-electron chi connectivity index (χ3n) is 6.72. The van der Waals surface area contributed by atoms with Gasteiger partial charge < -0.3 is 14.7 Å². The highest BCUT2D eigenvalue weighted by atomic mass is 19.1. The molecule has 0 saturated carbocycles. The van der Waals surface area contributed by atoms with E-state index in [0.29, 0.717) is 37.2 Å². The number of nitrogens with zero attached hydrogens (tertiary/aromatic N) is 3. The standard InChI is InChI=1S/C31H34FN3O3/c1-22-18-35(23(2)21-36)31(37)28-16-25(12-7-11-24-9-5-4-6-10-24)17-33-30(28)38-29(22)20-34(3)19-26-13-8-14-27(32)15-26/h4-6,8-10,13-17,22-23,29,36H,11,18-21H2,1-3H3/t22-,23+,29+/m1/s1. The first kappa shape index (κ1) is 27.3. The molecule has 7 heteroatoms. The Hall–Kier alpha value is -3.73. The fraction of sp³-hybridized carbons (Fsp3) is 0.355. The fourth-order valence-corrected chi connectivity index (χ4v) is 4.55. The first-order valence-electron chi connectivity index (χ1n) is 12.9. The number of pyridine rings is 1. The van der Waals surface area contributed by atoms with Crippen LogP contribution < -0.4 is 4.74 Å². The van der Waals surface area contributed by atoms with Crippen molar-refractivity contribution in [2.75, 3.05) is 26.7 Å². The van der Waals surface area contributed by atoms with Crippen molar-refractivity contribution in [1.29, 1.82) is 0 Å². The molecule has 0 aliphatic carbocycles. The molecule has 0 spiro atoms. The highest BCUT2D eigenvalue weighted by Crippen LogP contribution is 2.27. The lowest BCUT2D eigenvalue weighted by molar-refractivity contribution is 0.0325. The van der Waals surface area contributed by atoms with Crippen LogP contribution in [0.4, 0.5) is 4.39 Å². The zero-order chi connectivity index (χ0) is 27.1. The second-order valence-electron chi connectivity index (χ2n) is 9.99. The molecule has 3 atom stereocenters. The van der Waals surface area contributed by atoms with Crippen LogP contribution in [0.2, 0.25) is 0 Å². The molecule has 1 aromatic heterocycles. The van der Waals surface area contributed by atoms with Gasteiger partial charge in [-0.1, -0.05) is 61.2 Å². The zero-order valence-corrected chi connectivity index (χ0v) is 22.1. The van der Waals surface area contributed by atoms with Gasteiger partial charge in [-0.05, 0) is 43.3 Å². The normalized spacial score (nSPS) is 18.1. The van der Waals surface area contributed by atoms with Gasteiger partial charge in [0.2, 0.25) is 5.88 Å². The average Bonchev–Trinajstić information content (AvgIpc) is 2.91. The van der Waals surface area contributed by atoms with Crippen molar-refractivity contribution in [3.63, 3.8) is 0 Å². The van der Waals surface area contributed by atoms with Crippen molar-refractivity contribution in [3.8, 4) is 17.7 Å². The molecule has 3 aromatic rings. The third-order valence-corrected chi connectivity index (χ3v) is 6.72. The molecule has 1 aliphatic heterocycles. The Labute approximate surface area is 224 Å². The largest absolute Gasteiger partial charge is 0.472 e. The van der Waals surface area contributed by atoms with Crippen LogP contribution in [-0.4, -0.2) is 64.7 Å². The number of ether oxygens (including phenoxy) is 1. The summed E-state index contributed by atoms with van der Waals surface area (Å²) in [6, 6.07) is 17.9. The molecular formula is C31H34FN3O3. The van der Waals surface area contributed by atoms with E-state index in [4.69, 9.17) is 4.74 Å². The molecule has 0 unspecified atom stereocenters. The highest BCUT2D eigenvalue weighted by molar-refractivity contribution is 5.97. The molecule has 1 N–H and O–H groups in total. The minimum atomic E-state index is -0.366. The van der Waals surface area contributed by atoms with Crippen molar-refractivity contribution in [2.45, 2.75) is 39.0 Å². The van der Waals surface area contributed by atoms with Gasteiger partial charge in [0, 0.05) is 43.7 Å². The second kappa shape index (κ2) is 12.7. The van der Waals surface area contributed by atoms with Gasteiger partial charge in [0.1, 0.15) is 17.5 Å². The van der Waals surface area contributed by atoms with Crippen LogP contribution in [0.5, 0.6) is 5.88 Å². The van der Waals surface area contributed by atoms with Gasteiger partial charge >= 0.3 is 0 Å². The first-order chi connectivity index (χ1) is 18.3. The summed E-state index contributed by atoms with van der Waals surface area (Å²) in [7, 11) is 1.96. The lowest BCUT2D eigenvalue weighted by atomic mass is 9.99. The number of aromatic nitrogens is 1. The van der Waals surface area contributed by atoms with Crippen molar-refractivity contribution in [2.24, 2.45) is 5.92 Å². The Kier molecular flexibility index (Phi) is 9.11. The Bertz CT molecular complexity index is 1300. The number of benzene rings is 2. The summed E-state index contributed by atoms with van der Waals surface area (Å²) in [5.74, 6) is 5.99. The molecular weight excluding hydrogens is 481 g/mol. The number of carbonyl (C=O) groups is 1. The molecule has 1 aliphatic rings. The molecule has 6 nitrogen and oxygen atoms in total. The molecule has 198 valence electrons. The van der Waals surface area contributed by atoms with Gasteiger partial charge in [-0.3, -0.25) is 9.69 Å². The minimum Gasteiger partial charge on any atom is -0.472 e. The number of aliphatic hydroxyl groups excluding tert-OH is 1. The summed E-state index contributed by atoms with van der Waals surface area (Å²) >= 11 is 0. The van der Waals surface area contributed by atoms with E-state index in [1.807, 2.05) is 57.3 Å². The first-order valence-corrected chi connectivity index (χ1v) is 12.9. The smallest absolute Gasteiger partial charge is 0.259 e. The molecule has 2 heterocycles. The third kappa shape index (κ3) is 6.97. The predicted octanol–water partition coefficient (Wildman–Crippen LogP) is 4.17. The van der Waals surface area contributed by atoms with Crippen LogP contribution in [0.15, 0.2) is 66.9 Å². The van der Waals surface area contributed by atoms with Gasteiger partial charge in [0.25, 0.3) is 5.91 Å². The van der Waals surface area contributed by atoms with E-state index < -0.39 is 0 Å². The summed E-state index contributed by atoms with van der Waals surface area (Å²) in [6.45, 7) is 5.22. The van der Waals surface area contributed by atoms with Gasteiger partial charge in [0.05, 0.1) is 12.6 Å². The molecule has 0 bridgehead atoms. The van der Waals surface area contributed by atoms with E-state index in [0.717, 1.165) is 11.1 Å². The van der Waals surface area contributed by atoms with Crippen molar-refractivity contribution in [1.82, 2.24) is 14.8 Å². The molecule has 0 saturated heterocycles. The van der Waals surface area contributed by atoms with Crippen molar-refractivity contribution >= 4 is 5.91 Å². The number of amides is 1. The monoisotopic (exact) mass is 515 g/mol. The molecule has 1 amide bonds. The number of carbonyl (C=O) groups excluding carboxylic acids is 1. The maximum absolute atomic E-state index is 13.7. The number of likely N-dealkylation sites (N-methyl/N-ethyl adjacent to an activating group) is 1. The van der Waals surface area contributed by atoms with E-state index in [1.54, 1.807) is 23.2 Å². The number of rotatable bonds is 7. The lowest BCUT2D eigenvalue weighted by Gasteiger charge is -2.37. The number of halogens is 1. The van der Waals surface area contributed by atoms with Crippen LogP contribution in [0, 0.1) is 23.6 Å². The van der Waals surface area contributed by atoms with Crippen LogP contribution in [0.3, 0.4) is 0 Å². The Morgan fingerprint density at radius 1 is 1.18 bits per heavy atom. The summed E-state index contributed by atoms with van der Waals surface area (Å²) in [4.78, 5) is 21.8. The van der Waals surface area contributed by atoms with Crippen molar-refractivity contribution < 1.29 is 19.0 Å². The van der Waals surface area contributed by atoms with Gasteiger partial charge in [0.15, 0.2) is 0 Å². The number of hydrogen-bond acceptors (Lipinski definition) is 5. The van der Waals surface area contributed by atoms with Crippen LogP contribution in [0.1, 0.15) is 40.9 Å². The average molecular weight is 516 g/mol. The predicted molar refractivity (Wildman–Crippen MR) is 145 cm³/mol. The van der Waals surface area contributed by atoms with Gasteiger partial charge in [-0.25, -0.2) is 9.37 Å². The maximum atomic E-state index is 13.7. The topological polar surface area (TPSA) is 65.9 Å². The summed E-state index contributed by atoms with van der Waals surface area (Å²) in [6.07, 6.45) is 1.94. The van der Waals surface area contributed by atoms with Crippen molar-refractivity contribution in [3.05, 3.63) is 94.9 Å². The molecule has 2 aromatic carbocycles. The number of hydrogen-bond donors (Lipinski definition) is 1. The maximum Gasteiger partial charge on any atom is 0.259 e. The van der Waals surface area contributed by atoms with E-state index in [9.17, 15) is 14.3 Å². The Morgan fingerprint density at radius 3 is 2.68 bits per heavy atom. The fourth-order valence-electron chi connectivity index (χ4n) is 4.55. The molecule has 4 rings (SSSR count). The zero-order valence-electron chi connectivity index (χ0n) is 22.1. The second-order valence-corrected chi connectivity index (χ2v) is 9.99. The Balaban J connectivity index is 1.58. The van der Waals surface area contributed by atoms with Crippen LogP contribution in [-0.2, 0) is 13.0 Å². The molecule has 0 fully saturated rings. The number of aliphatic hydroxyl groups is 1. The van der Waals surface area contributed by atoms with E-state index in [1.165, 1.54) is 12.1 Å². The summed E-state index contributed by atoms with van der Waals surface area (Å²) < 4.78 is 20.0. The van der Waals surface area contributed by atoms with Gasteiger partial charge in [-0.2, -0.15) is 0 Å². The molecule has 38 heavy (non-hydrogen) atoms. The van der Waals surface area contributed by atoms with Gasteiger partial charge in [-0.15, -0.1) is 0 Å². The summed E-state index contributed by atoms with van der Waals surface area (Å²) in [5.41, 5.74) is 2.94.